The van der Waals surface area contributed by atoms with Gasteiger partial charge in [0.05, 0.1) is 18.1 Å². The molecule has 0 bridgehead atoms. The highest BCUT2D eigenvalue weighted by Crippen LogP contribution is 2.43. The van der Waals surface area contributed by atoms with Crippen LogP contribution in [-0.4, -0.2) is 18.2 Å². The second-order valence-electron chi connectivity index (χ2n) is 7.59. The second kappa shape index (κ2) is 8.87. The van der Waals surface area contributed by atoms with Gasteiger partial charge >= 0.3 is 0 Å². The molecule has 1 saturated carbocycles. The van der Waals surface area contributed by atoms with E-state index in [2.05, 4.69) is 23.2 Å². The molecule has 3 aromatic rings. The molecule has 0 aliphatic heterocycles. The van der Waals surface area contributed by atoms with Crippen LogP contribution in [0.4, 0.5) is 0 Å². The van der Waals surface area contributed by atoms with E-state index >= 15 is 0 Å². The molecule has 4 heteroatoms. The standard InChI is InChI=1S/C25H26ClNO2/c1-28-23-12-11-21(17-24(23)29-22-9-5-6-10-22)25(26,20-7-3-2-4-8-20)18-19-13-15-27-16-14-19/h2-4,7-8,11-17,22H,5-6,9-10,18H2,1H3. The summed E-state index contributed by atoms with van der Waals surface area (Å²) in [7, 11) is 1.68. The van der Waals surface area contributed by atoms with Crippen molar-refractivity contribution in [3.05, 3.63) is 89.7 Å². The molecular weight excluding hydrogens is 382 g/mol. The van der Waals surface area contributed by atoms with Crippen LogP contribution in [0.2, 0.25) is 0 Å². The lowest BCUT2D eigenvalue weighted by molar-refractivity contribution is 0.200. The lowest BCUT2D eigenvalue weighted by Crippen LogP contribution is -2.24. The Kier molecular flexibility index (Phi) is 6.05. The zero-order chi connectivity index (χ0) is 20.1. The Bertz CT molecular complexity index is 926. The van der Waals surface area contributed by atoms with Crippen LogP contribution in [0.1, 0.15) is 42.4 Å². The average molecular weight is 408 g/mol. The number of alkyl halides is 1. The molecule has 1 aliphatic rings. The van der Waals surface area contributed by atoms with Gasteiger partial charge in [-0.2, -0.15) is 0 Å². The fraction of sp³-hybridized carbons (Fsp3) is 0.320. The van der Waals surface area contributed by atoms with Gasteiger partial charge in [0.2, 0.25) is 0 Å². The van der Waals surface area contributed by atoms with Gasteiger partial charge in [-0.25, -0.2) is 0 Å². The number of methoxy groups -OCH3 is 1. The minimum atomic E-state index is -0.720. The molecule has 0 amide bonds. The van der Waals surface area contributed by atoms with Gasteiger partial charge in [0.15, 0.2) is 11.5 Å². The topological polar surface area (TPSA) is 31.4 Å². The summed E-state index contributed by atoms with van der Waals surface area (Å²) in [6.45, 7) is 0. The number of nitrogens with zero attached hydrogens (tertiary/aromatic N) is 1. The van der Waals surface area contributed by atoms with E-state index in [0.717, 1.165) is 41.0 Å². The van der Waals surface area contributed by atoms with E-state index in [9.17, 15) is 0 Å². The third-order valence-corrected chi connectivity index (χ3v) is 6.22. The molecule has 1 aromatic heterocycles. The average Bonchev–Trinajstić information content (AvgIpc) is 3.28. The van der Waals surface area contributed by atoms with Crippen LogP contribution in [0.15, 0.2) is 73.1 Å². The lowest BCUT2D eigenvalue weighted by atomic mass is 9.85. The Morgan fingerprint density at radius 2 is 1.66 bits per heavy atom. The van der Waals surface area contributed by atoms with Crippen molar-refractivity contribution >= 4 is 11.6 Å². The zero-order valence-corrected chi connectivity index (χ0v) is 17.4. The Morgan fingerprint density at radius 3 is 2.34 bits per heavy atom. The van der Waals surface area contributed by atoms with E-state index in [1.807, 2.05) is 42.5 Å². The molecule has 150 valence electrons. The van der Waals surface area contributed by atoms with Gasteiger partial charge in [0.1, 0.15) is 0 Å². The Morgan fingerprint density at radius 1 is 0.931 bits per heavy atom. The Labute approximate surface area is 177 Å². The van der Waals surface area contributed by atoms with E-state index in [1.54, 1.807) is 19.5 Å². The molecule has 3 nitrogen and oxygen atoms in total. The maximum atomic E-state index is 7.39. The van der Waals surface area contributed by atoms with Gasteiger partial charge in [-0.05, 0) is 73.1 Å². The number of ether oxygens (including phenoxy) is 2. The zero-order valence-electron chi connectivity index (χ0n) is 16.7. The second-order valence-corrected chi connectivity index (χ2v) is 8.23. The van der Waals surface area contributed by atoms with Crippen LogP contribution in [-0.2, 0) is 11.3 Å². The number of pyridine rings is 1. The molecular formula is C25H26ClNO2. The quantitative estimate of drug-likeness (QED) is 0.441. The molecule has 4 rings (SSSR count). The summed E-state index contributed by atoms with van der Waals surface area (Å²) >= 11 is 7.39. The van der Waals surface area contributed by atoms with Gasteiger partial charge in [-0.3, -0.25) is 4.98 Å². The predicted octanol–water partition coefficient (Wildman–Crippen LogP) is 6.14. The normalized spacial score (nSPS) is 16.3. The third-order valence-electron chi connectivity index (χ3n) is 5.65. The van der Waals surface area contributed by atoms with E-state index in [4.69, 9.17) is 21.1 Å². The van der Waals surface area contributed by atoms with Crippen LogP contribution >= 0.6 is 11.6 Å². The molecule has 1 fully saturated rings. The van der Waals surface area contributed by atoms with E-state index in [-0.39, 0.29) is 6.10 Å². The summed E-state index contributed by atoms with van der Waals surface area (Å²) < 4.78 is 11.9. The number of aromatic nitrogens is 1. The van der Waals surface area contributed by atoms with Crippen molar-refractivity contribution in [2.24, 2.45) is 0 Å². The maximum absolute atomic E-state index is 7.39. The van der Waals surface area contributed by atoms with Crippen molar-refractivity contribution < 1.29 is 9.47 Å². The van der Waals surface area contributed by atoms with E-state index in [0.29, 0.717) is 6.42 Å². The van der Waals surface area contributed by atoms with Gasteiger partial charge in [0.25, 0.3) is 0 Å². The summed E-state index contributed by atoms with van der Waals surface area (Å²) in [6, 6.07) is 20.3. The SMILES string of the molecule is COc1ccc(C(Cl)(Cc2ccncc2)c2ccccc2)cc1OC1CCCC1. The molecule has 0 N–H and O–H groups in total. The molecule has 1 aliphatic carbocycles. The fourth-order valence-electron chi connectivity index (χ4n) is 4.06. The van der Waals surface area contributed by atoms with E-state index in [1.165, 1.54) is 12.8 Å². The highest BCUT2D eigenvalue weighted by molar-refractivity contribution is 6.26. The molecule has 1 unspecified atom stereocenters. The molecule has 2 aromatic carbocycles. The van der Waals surface area contributed by atoms with Crippen molar-refractivity contribution in [3.8, 4) is 11.5 Å². The molecule has 1 atom stereocenters. The van der Waals surface area contributed by atoms with Crippen molar-refractivity contribution in [3.63, 3.8) is 0 Å². The Balaban J connectivity index is 1.75. The Hall–Kier alpha value is -2.52. The minimum absolute atomic E-state index is 0.251. The first-order valence-electron chi connectivity index (χ1n) is 10.2. The van der Waals surface area contributed by atoms with Crippen LogP contribution in [0.3, 0.4) is 0 Å². The summed E-state index contributed by atoms with van der Waals surface area (Å²) in [5.74, 6) is 1.52. The van der Waals surface area contributed by atoms with E-state index < -0.39 is 4.87 Å². The number of rotatable bonds is 7. The summed E-state index contributed by atoms with van der Waals surface area (Å²) in [5, 5.41) is 0. The number of hydrogen-bond donors (Lipinski definition) is 0. The van der Waals surface area contributed by atoms with Crippen LogP contribution in [0, 0.1) is 0 Å². The van der Waals surface area contributed by atoms with Gasteiger partial charge in [0, 0.05) is 12.4 Å². The first-order valence-corrected chi connectivity index (χ1v) is 10.6. The largest absolute Gasteiger partial charge is 0.493 e. The van der Waals surface area contributed by atoms with Crippen LogP contribution < -0.4 is 9.47 Å². The van der Waals surface area contributed by atoms with Crippen molar-refractivity contribution in [1.82, 2.24) is 4.98 Å². The first kappa shape index (κ1) is 19.8. The molecule has 1 heterocycles. The van der Waals surface area contributed by atoms with Gasteiger partial charge in [-0.1, -0.05) is 36.4 Å². The molecule has 0 spiro atoms. The summed E-state index contributed by atoms with van der Waals surface area (Å²) in [5.41, 5.74) is 3.18. The monoisotopic (exact) mass is 407 g/mol. The highest BCUT2D eigenvalue weighted by atomic mass is 35.5. The maximum Gasteiger partial charge on any atom is 0.161 e. The first-order chi connectivity index (χ1) is 14.2. The van der Waals surface area contributed by atoms with Crippen molar-refractivity contribution in [1.29, 1.82) is 0 Å². The van der Waals surface area contributed by atoms with Crippen molar-refractivity contribution in [2.75, 3.05) is 7.11 Å². The molecule has 0 saturated heterocycles. The van der Waals surface area contributed by atoms with Crippen LogP contribution in [0.5, 0.6) is 11.5 Å². The summed E-state index contributed by atoms with van der Waals surface area (Å²) in [6.07, 6.45) is 9.14. The molecule has 29 heavy (non-hydrogen) atoms. The third kappa shape index (κ3) is 4.40. The number of hydrogen-bond acceptors (Lipinski definition) is 3. The van der Waals surface area contributed by atoms with Crippen LogP contribution in [0.25, 0.3) is 0 Å². The smallest absolute Gasteiger partial charge is 0.161 e. The highest BCUT2D eigenvalue weighted by Gasteiger charge is 2.33. The fourth-order valence-corrected chi connectivity index (χ4v) is 4.45. The van der Waals surface area contributed by atoms with Gasteiger partial charge in [-0.15, -0.1) is 11.6 Å². The minimum Gasteiger partial charge on any atom is -0.493 e. The predicted molar refractivity (Wildman–Crippen MR) is 117 cm³/mol. The summed E-state index contributed by atoms with van der Waals surface area (Å²) in [4.78, 5) is 3.42. The van der Waals surface area contributed by atoms with Crippen molar-refractivity contribution in [2.45, 2.75) is 43.1 Å². The lowest BCUT2D eigenvalue weighted by Gasteiger charge is -2.30. The number of benzene rings is 2. The number of halogens is 1. The molecule has 0 radical (unpaired) electrons. The van der Waals surface area contributed by atoms with Gasteiger partial charge < -0.3 is 9.47 Å².